The highest BCUT2D eigenvalue weighted by atomic mass is 16.5. The molecule has 5 heteroatoms. The third-order valence-electron chi connectivity index (χ3n) is 5.11. The molecule has 0 radical (unpaired) electrons. The number of nitrogens with zero attached hydrogens (tertiary/aromatic N) is 2. The van der Waals surface area contributed by atoms with Gasteiger partial charge in [0.1, 0.15) is 5.75 Å². The summed E-state index contributed by atoms with van der Waals surface area (Å²) in [6.07, 6.45) is 0.524. The van der Waals surface area contributed by atoms with Crippen molar-refractivity contribution in [3.05, 3.63) is 53.6 Å². The highest BCUT2D eigenvalue weighted by Crippen LogP contribution is 2.21. The van der Waals surface area contributed by atoms with Crippen LogP contribution in [-0.4, -0.2) is 50.6 Å². The molecule has 1 heterocycles. The van der Waals surface area contributed by atoms with Crippen molar-refractivity contribution in [1.29, 1.82) is 0 Å². The fourth-order valence-corrected chi connectivity index (χ4v) is 3.48. The lowest BCUT2D eigenvalue weighted by atomic mass is 10.1. The van der Waals surface area contributed by atoms with Crippen molar-refractivity contribution < 1.29 is 9.53 Å². The number of aryl methyl sites for hydroxylation is 2. The Balaban J connectivity index is 1.44. The molecule has 27 heavy (non-hydrogen) atoms. The van der Waals surface area contributed by atoms with E-state index < -0.39 is 0 Å². The Kier molecular flexibility index (Phi) is 6.22. The second-order valence-electron chi connectivity index (χ2n) is 7.06. The highest BCUT2D eigenvalue weighted by molar-refractivity contribution is 5.77. The lowest BCUT2D eigenvalue weighted by Crippen LogP contribution is -2.49. The normalized spacial score (nSPS) is 14.2. The summed E-state index contributed by atoms with van der Waals surface area (Å²) in [4.78, 5) is 16.8. The first-order chi connectivity index (χ1) is 13.1. The smallest absolute Gasteiger partial charge is 0.224 e. The zero-order valence-corrected chi connectivity index (χ0v) is 16.5. The van der Waals surface area contributed by atoms with E-state index in [1.165, 1.54) is 16.8 Å². The summed E-state index contributed by atoms with van der Waals surface area (Å²) in [7, 11) is 1.67. The molecule has 5 nitrogen and oxygen atoms in total. The largest absolute Gasteiger partial charge is 0.497 e. The van der Waals surface area contributed by atoms with Gasteiger partial charge in [0.25, 0.3) is 0 Å². The lowest BCUT2D eigenvalue weighted by Gasteiger charge is -2.36. The quantitative estimate of drug-likeness (QED) is 0.849. The van der Waals surface area contributed by atoms with E-state index in [9.17, 15) is 4.79 Å². The molecule has 0 saturated carbocycles. The van der Waals surface area contributed by atoms with Crippen molar-refractivity contribution >= 4 is 17.3 Å². The van der Waals surface area contributed by atoms with Gasteiger partial charge in [-0.05, 0) is 49.7 Å². The topological polar surface area (TPSA) is 44.8 Å². The van der Waals surface area contributed by atoms with Gasteiger partial charge in [0, 0.05) is 50.5 Å². The molecule has 0 aliphatic carbocycles. The molecule has 3 rings (SSSR count). The average Bonchev–Trinajstić information content (AvgIpc) is 2.70. The third-order valence-corrected chi connectivity index (χ3v) is 5.11. The first kappa shape index (κ1) is 19.1. The van der Waals surface area contributed by atoms with Crippen LogP contribution >= 0.6 is 0 Å². The van der Waals surface area contributed by atoms with E-state index in [1.807, 2.05) is 17.0 Å². The van der Waals surface area contributed by atoms with Crippen LogP contribution in [0.1, 0.15) is 17.5 Å². The number of amides is 1. The van der Waals surface area contributed by atoms with Gasteiger partial charge >= 0.3 is 0 Å². The predicted octanol–water partition coefficient (Wildman–Crippen LogP) is 3.46. The van der Waals surface area contributed by atoms with E-state index in [1.54, 1.807) is 7.11 Å². The molecular weight excluding hydrogens is 338 g/mol. The van der Waals surface area contributed by atoms with Crippen LogP contribution in [-0.2, 0) is 4.79 Å². The minimum absolute atomic E-state index is 0.224. The number of hydrogen-bond acceptors (Lipinski definition) is 4. The Morgan fingerprint density at radius 1 is 1.04 bits per heavy atom. The maximum Gasteiger partial charge on any atom is 0.224 e. The van der Waals surface area contributed by atoms with Crippen LogP contribution in [0.3, 0.4) is 0 Å². The maximum atomic E-state index is 12.5. The Labute approximate surface area is 161 Å². The van der Waals surface area contributed by atoms with Gasteiger partial charge in [-0.1, -0.05) is 17.7 Å². The molecule has 2 aromatic rings. The van der Waals surface area contributed by atoms with E-state index in [-0.39, 0.29) is 5.91 Å². The molecule has 0 atom stereocenters. The van der Waals surface area contributed by atoms with Gasteiger partial charge < -0.3 is 19.9 Å². The average molecular weight is 367 g/mol. The second kappa shape index (κ2) is 8.80. The molecule has 1 saturated heterocycles. The predicted molar refractivity (Wildman–Crippen MR) is 111 cm³/mol. The fraction of sp³-hybridized carbons (Fsp3) is 0.409. The van der Waals surface area contributed by atoms with Crippen molar-refractivity contribution in [1.82, 2.24) is 4.90 Å². The Morgan fingerprint density at radius 3 is 2.37 bits per heavy atom. The van der Waals surface area contributed by atoms with Crippen LogP contribution in [0.15, 0.2) is 42.5 Å². The standard InChI is InChI=1S/C22H29N3O2/c1-17-4-9-21(18(2)16-17)23-11-10-22(26)25-14-12-24(13-15-25)19-5-7-20(27-3)8-6-19/h4-9,16,23H,10-15H2,1-3H3. The van der Waals surface area contributed by atoms with Crippen LogP contribution < -0.4 is 15.0 Å². The number of ether oxygens (including phenoxy) is 1. The molecule has 1 amide bonds. The molecule has 2 aromatic carbocycles. The van der Waals surface area contributed by atoms with Gasteiger partial charge in [-0.3, -0.25) is 4.79 Å². The minimum atomic E-state index is 0.224. The lowest BCUT2D eigenvalue weighted by molar-refractivity contribution is -0.131. The van der Waals surface area contributed by atoms with Crippen molar-refractivity contribution in [2.75, 3.05) is 50.1 Å². The minimum Gasteiger partial charge on any atom is -0.497 e. The second-order valence-corrected chi connectivity index (χ2v) is 7.06. The summed E-state index contributed by atoms with van der Waals surface area (Å²) in [5.41, 5.74) is 4.76. The van der Waals surface area contributed by atoms with Crippen LogP contribution in [0.5, 0.6) is 5.75 Å². The fourth-order valence-electron chi connectivity index (χ4n) is 3.48. The van der Waals surface area contributed by atoms with Crippen molar-refractivity contribution in [3.63, 3.8) is 0 Å². The molecular formula is C22H29N3O2. The molecule has 0 unspecified atom stereocenters. The van der Waals surface area contributed by atoms with Crippen LogP contribution in [0.2, 0.25) is 0 Å². The number of carbonyl (C=O) groups excluding carboxylic acids is 1. The number of hydrogen-bond donors (Lipinski definition) is 1. The van der Waals surface area contributed by atoms with E-state index in [4.69, 9.17) is 4.74 Å². The van der Waals surface area contributed by atoms with E-state index in [0.717, 1.165) is 37.6 Å². The zero-order valence-electron chi connectivity index (χ0n) is 16.5. The van der Waals surface area contributed by atoms with Crippen LogP contribution in [0.25, 0.3) is 0 Å². The summed E-state index contributed by atoms with van der Waals surface area (Å²) in [6, 6.07) is 14.4. The summed E-state index contributed by atoms with van der Waals surface area (Å²) in [6.45, 7) is 8.12. The highest BCUT2D eigenvalue weighted by Gasteiger charge is 2.21. The number of carbonyl (C=O) groups is 1. The summed E-state index contributed by atoms with van der Waals surface area (Å²) >= 11 is 0. The molecule has 0 bridgehead atoms. The third kappa shape index (κ3) is 4.94. The first-order valence-electron chi connectivity index (χ1n) is 9.55. The molecule has 144 valence electrons. The number of piperazine rings is 1. The van der Waals surface area contributed by atoms with E-state index >= 15 is 0 Å². The van der Waals surface area contributed by atoms with Crippen molar-refractivity contribution in [2.45, 2.75) is 20.3 Å². The monoisotopic (exact) mass is 367 g/mol. The van der Waals surface area contributed by atoms with Crippen LogP contribution in [0.4, 0.5) is 11.4 Å². The number of benzene rings is 2. The van der Waals surface area contributed by atoms with Gasteiger partial charge in [0.05, 0.1) is 7.11 Å². The molecule has 1 aliphatic heterocycles. The van der Waals surface area contributed by atoms with Gasteiger partial charge in [0.2, 0.25) is 5.91 Å². The van der Waals surface area contributed by atoms with Gasteiger partial charge in [0.15, 0.2) is 0 Å². The SMILES string of the molecule is COc1ccc(N2CCN(C(=O)CCNc3ccc(C)cc3C)CC2)cc1. The number of rotatable bonds is 6. The first-order valence-corrected chi connectivity index (χ1v) is 9.55. The molecule has 1 fully saturated rings. The Morgan fingerprint density at radius 2 is 1.74 bits per heavy atom. The Hall–Kier alpha value is -2.69. The molecule has 0 aromatic heterocycles. The summed E-state index contributed by atoms with van der Waals surface area (Å²) in [5, 5.41) is 3.39. The van der Waals surface area contributed by atoms with Gasteiger partial charge in [-0.15, -0.1) is 0 Å². The van der Waals surface area contributed by atoms with Crippen LogP contribution in [0, 0.1) is 13.8 Å². The molecule has 1 N–H and O–H groups in total. The van der Waals surface area contributed by atoms with Crippen molar-refractivity contribution in [2.24, 2.45) is 0 Å². The van der Waals surface area contributed by atoms with E-state index in [0.29, 0.717) is 13.0 Å². The number of nitrogens with one attached hydrogen (secondary N) is 1. The molecule has 1 aliphatic rings. The zero-order chi connectivity index (χ0) is 19.2. The van der Waals surface area contributed by atoms with Crippen molar-refractivity contribution in [3.8, 4) is 5.75 Å². The van der Waals surface area contributed by atoms with E-state index in [2.05, 4.69) is 54.4 Å². The summed E-state index contributed by atoms with van der Waals surface area (Å²) in [5.74, 6) is 1.09. The number of methoxy groups -OCH3 is 1. The Bertz CT molecular complexity index is 766. The summed E-state index contributed by atoms with van der Waals surface area (Å²) < 4.78 is 5.21. The van der Waals surface area contributed by atoms with Gasteiger partial charge in [-0.2, -0.15) is 0 Å². The molecule has 0 spiro atoms. The van der Waals surface area contributed by atoms with Gasteiger partial charge in [-0.25, -0.2) is 0 Å². The number of anilines is 2. The maximum absolute atomic E-state index is 12.5.